The molecule has 1 aliphatic rings. The Morgan fingerprint density at radius 1 is 1.55 bits per heavy atom. The number of nitrogens with zero attached hydrogens (tertiary/aromatic N) is 2. The summed E-state index contributed by atoms with van der Waals surface area (Å²) >= 11 is 0. The predicted octanol–water partition coefficient (Wildman–Crippen LogP) is 2.42. The molecule has 8 heteroatoms. The number of H-pyrrole nitrogens is 1. The van der Waals surface area contributed by atoms with Gasteiger partial charge in [-0.2, -0.15) is 0 Å². The molecule has 0 unspecified atom stereocenters. The molecule has 0 aliphatic carbocycles. The molecule has 8 nitrogen and oxygen atoms in total. The van der Waals surface area contributed by atoms with Gasteiger partial charge in [0.05, 0.1) is 28.6 Å². The first kappa shape index (κ1) is 14.7. The van der Waals surface area contributed by atoms with Gasteiger partial charge in [-0.15, -0.1) is 0 Å². The summed E-state index contributed by atoms with van der Waals surface area (Å²) in [5.41, 5.74) is 1.32. The van der Waals surface area contributed by atoms with Gasteiger partial charge in [-0.05, 0) is 26.8 Å². The molecule has 118 valence electrons. The van der Waals surface area contributed by atoms with Gasteiger partial charge in [0.2, 0.25) is 5.95 Å². The van der Waals surface area contributed by atoms with E-state index in [9.17, 15) is 10.1 Å². The number of nitro groups is 1. The Kier molecular flexibility index (Phi) is 3.50. The zero-order valence-corrected chi connectivity index (χ0v) is 12.6. The third-order valence-corrected chi connectivity index (χ3v) is 3.63. The molecule has 2 atom stereocenters. The number of anilines is 1. The summed E-state index contributed by atoms with van der Waals surface area (Å²) in [7, 11) is 0. The zero-order valence-electron chi connectivity index (χ0n) is 12.6. The molecule has 0 radical (unpaired) electrons. The summed E-state index contributed by atoms with van der Waals surface area (Å²) in [5, 5.41) is 14.0. The summed E-state index contributed by atoms with van der Waals surface area (Å²) in [6, 6.07) is 4.51. The quantitative estimate of drug-likeness (QED) is 0.664. The van der Waals surface area contributed by atoms with Gasteiger partial charge in [-0.1, -0.05) is 0 Å². The number of hydrogen-bond donors (Lipinski definition) is 2. The Bertz CT molecular complexity index is 712. The van der Waals surface area contributed by atoms with Gasteiger partial charge in [0.15, 0.2) is 5.79 Å². The lowest BCUT2D eigenvalue weighted by Crippen LogP contribution is -2.34. The third kappa shape index (κ3) is 2.88. The van der Waals surface area contributed by atoms with Crippen LogP contribution in [0.3, 0.4) is 0 Å². The molecule has 1 fully saturated rings. The van der Waals surface area contributed by atoms with E-state index in [2.05, 4.69) is 15.3 Å². The highest BCUT2D eigenvalue weighted by Gasteiger charge is 2.35. The molecule has 3 rings (SSSR count). The summed E-state index contributed by atoms with van der Waals surface area (Å²) in [6.45, 7) is 6.23. The molecule has 0 bridgehead atoms. The Morgan fingerprint density at radius 3 is 2.95 bits per heavy atom. The zero-order chi connectivity index (χ0) is 15.9. The van der Waals surface area contributed by atoms with Crippen LogP contribution in [-0.4, -0.2) is 39.4 Å². The van der Waals surface area contributed by atoms with Crippen molar-refractivity contribution in [1.82, 2.24) is 9.97 Å². The van der Waals surface area contributed by atoms with Crippen LogP contribution in [0.2, 0.25) is 0 Å². The first-order valence-electron chi connectivity index (χ1n) is 7.06. The van der Waals surface area contributed by atoms with Crippen LogP contribution in [0.5, 0.6) is 0 Å². The van der Waals surface area contributed by atoms with Crippen LogP contribution in [0.1, 0.15) is 20.8 Å². The van der Waals surface area contributed by atoms with Gasteiger partial charge in [0.25, 0.3) is 5.69 Å². The van der Waals surface area contributed by atoms with E-state index in [4.69, 9.17) is 9.47 Å². The summed E-state index contributed by atoms with van der Waals surface area (Å²) in [5.74, 6) is -0.0222. The number of fused-ring (bicyclic) bond motifs is 1. The van der Waals surface area contributed by atoms with E-state index in [0.29, 0.717) is 23.6 Å². The van der Waals surface area contributed by atoms with Crippen molar-refractivity contribution in [1.29, 1.82) is 0 Å². The first-order chi connectivity index (χ1) is 10.3. The van der Waals surface area contributed by atoms with E-state index in [1.165, 1.54) is 12.1 Å². The molecule has 2 N–H and O–H groups in total. The van der Waals surface area contributed by atoms with Crippen molar-refractivity contribution in [3.63, 3.8) is 0 Å². The summed E-state index contributed by atoms with van der Waals surface area (Å²) in [4.78, 5) is 17.8. The molecule has 0 amide bonds. The van der Waals surface area contributed by atoms with Crippen LogP contribution < -0.4 is 5.32 Å². The number of imidazole rings is 1. The number of rotatable bonds is 4. The normalized spacial score (nSPS) is 21.9. The maximum absolute atomic E-state index is 10.8. The van der Waals surface area contributed by atoms with E-state index in [1.54, 1.807) is 6.07 Å². The molecule has 0 spiro atoms. The number of non-ortho nitro benzene ring substituents is 1. The van der Waals surface area contributed by atoms with E-state index in [0.717, 1.165) is 0 Å². The molecular weight excluding hydrogens is 288 g/mol. The number of nitro benzene ring substituents is 1. The Balaban J connectivity index is 1.75. The van der Waals surface area contributed by atoms with Crippen LogP contribution >= 0.6 is 0 Å². The van der Waals surface area contributed by atoms with Crippen molar-refractivity contribution >= 4 is 22.7 Å². The summed E-state index contributed by atoms with van der Waals surface area (Å²) < 4.78 is 11.3. The SMILES string of the molecule is C[C@H](Nc1nc2ccc([N+](=O)[O-])cc2[nH]1)[C@H]1COC(C)(C)O1. The average molecular weight is 306 g/mol. The molecule has 2 aromatic rings. The van der Waals surface area contributed by atoms with Crippen LogP contribution in [0, 0.1) is 10.1 Å². The highest BCUT2D eigenvalue weighted by atomic mass is 16.7. The van der Waals surface area contributed by atoms with Crippen LogP contribution in [-0.2, 0) is 9.47 Å². The molecule has 22 heavy (non-hydrogen) atoms. The Morgan fingerprint density at radius 2 is 2.32 bits per heavy atom. The molecule has 1 saturated heterocycles. The van der Waals surface area contributed by atoms with Crippen molar-refractivity contribution < 1.29 is 14.4 Å². The maximum atomic E-state index is 10.8. The number of aromatic amines is 1. The van der Waals surface area contributed by atoms with E-state index in [-0.39, 0.29) is 17.8 Å². The number of ether oxygens (including phenoxy) is 2. The standard InChI is InChI=1S/C14H18N4O4/c1-8(12-7-21-14(2,3)22-12)15-13-16-10-5-4-9(18(19)20)6-11(10)17-13/h4-6,8,12H,7H2,1-3H3,(H2,15,16,17)/t8-,12+/m0/s1. The van der Waals surface area contributed by atoms with E-state index < -0.39 is 10.7 Å². The van der Waals surface area contributed by atoms with Crippen LogP contribution in [0.15, 0.2) is 18.2 Å². The van der Waals surface area contributed by atoms with Gasteiger partial charge in [0, 0.05) is 12.1 Å². The number of hydrogen-bond acceptors (Lipinski definition) is 6. The fraction of sp³-hybridized carbons (Fsp3) is 0.500. The minimum atomic E-state index is -0.574. The third-order valence-electron chi connectivity index (χ3n) is 3.63. The maximum Gasteiger partial charge on any atom is 0.271 e. The number of benzene rings is 1. The highest BCUT2D eigenvalue weighted by molar-refractivity contribution is 5.79. The average Bonchev–Trinajstić information content (AvgIpc) is 3.00. The van der Waals surface area contributed by atoms with E-state index in [1.807, 2.05) is 20.8 Å². The molecule has 2 heterocycles. The minimum Gasteiger partial charge on any atom is -0.351 e. The van der Waals surface area contributed by atoms with Crippen molar-refractivity contribution in [2.24, 2.45) is 0 Å². The molecule has 1 aromatic heterocycles. The number of aromatic nitrogens is 2. The second-order valence-electron chi connectivity index (χ2n) is 5.84. The van der Waals surface area contributed by atoms with Gasteiger partial charge in [-0.3, -0.25) is 10.1 Å². The fourth-order valence-corrected chi connectivity index (χ4v) is 2.45. The van der Waals surface area contributed by atoms with Crippen molar-refractivity contribution in [3.05, 3.63) is 28.3 Å². The van der Waals surface area contributed by atoms with Crippen LogP contribution in [0.25, 0.3) is 11.0 Å². The second kappa shape index (κ2) is 5.22. The van der Waals surface area contributed by atoms with Gasteiger partial charge < -0.3 is 19.8 Å². The van der Waals surface area contributed by atoms with Crippen molar-refractivity contribution in [2.75, 3.05) is 11.9 Å². The second-order valence-corrected chi connectivity index (χ2v) is 5.84. The molecule has 1 aliphatic heterocycles. The van der Waals surface area contributed by atoms with Crippen molar-refractivity contribution in [3.8, 4) is 0 Å². The predicted molar refractivity (Wildman–Crippen MR) is 80.7 cm³/mol. The minimum absolute atomic E-state index is 0.0164. The number of nitrogens with one attached hydrogen (secondary N) is 2. The topological polar surface area (TPSA) is 102 Å². The van der Waals surface area contributed by atoms with Gasteiger partial charge in [-0.25, -0.2) is 4.98 Å². The van der Waals surface area contributed by atoms with Crippen molar-refractivity contribution in [2.45, 2.75) is 38.7 Å². The lowest BCUT2D eigenvalue weighted by Gasteiger charge is -2.21. The smallest absolute Gasteiger partial charge is 0.271 e. The Labute approximate surface area is 127 Å². The summed E-state index contributed by atoms with van der Waals surface area (Å²) in [6.07, 6.45) is -0.0856. The van der Waals surface area contributed by atoms with Gasteiger partial charge in [0.1, 0.15) is 6.10 Å². The monoisotopic (exact) mass is 306 g/mol. The molecule has 0 saturated carbocycles. The molecular formula is C14H18N4O4. The first-order valence-corrected chi connectivity index (χ1v) is 7.06. The lowest BCUT2D eigenvalue weighted by molar-refractivity contribution is -0.384. The van der Waals surface area contributed by atoms with Gasteiger partial charge >= 0.3 is 0 Å². The van der Waals surface area contributed by atoms with E-state index >= 15 is 0 Å². The largest absolute Gasteiger partial charge is 0.351 e. The van der Waals surface area contributed by atoms with Crippen LogP contribution in [0.4, 0.5) is 11.6 Å². The highest BCUT2D eigenvalue weighted by Crippen LogP contribution is 2.26. The fourth-order valence-electron chi connectivity index (χ4n) is 2.45. The molecule has 1 aromatic carbocycles. The lowest BCUT2D eigenvalue weighted by atomic mass is 10.2. The Hall–Kier alpha value is -2.19.